The molecule has 1 aromatic carbocycles. The summed E-state index contributed by atoms with van der Waals surface area (Å²) in [7, 11) is -1.53. The highest BCUT2D eigenvalue weighted by atomic mass is 32.2. The normalized spacial score (nSPS) is 18.8. The second-order valence-electron chi connectivity index (χ2n) is 4.61. The maximum atomic E-state index is 11.6. The van der Waals surface area contributed by atoms with Gasteiger partial charge in [-0.1, -0.05) is 12.1 Å². The van der Waals surface area contributed by atoms with Gasteiger partial charge in [0.1, 0.15) is 9.84 Å². The summed E-state index contributed by atoms with van der Waals surface area (Å²) in [6, 6.07) is 7.16. The Kier molecular flexibility index (Phi) is 4.09. The van der Waals surface area contributed by atoms with Gasteiger partial charge in [-0.2, -0.15) is 0 Å². The first-order valence-corrected chi connectivity index (χ1v) is 7.98. The number of benzene rings is 1. The van der Waals surface area contributed by atoms with Gasteiger partial charge in [-0.3, -0.25) is 0 Å². The highest BCUT2D eigenvalue weighted by Crippen LogP contribution is 2.21. The van der Waals surface area contributed by atoms with Crippen LogP contribution in [0.25, 0.3) is 0 Å². The van der Waals surface area contributed by atoms with Gasteiger partial charge in [0, 0.05) is 11.7 Å². The molecule has 1 aromatic rings. The van der Waals surface area contributed by atoms with Gasteiger partial charge in [0.05, 0.1) is 24.2 Å². The third-order valence-corrected chi connectivity index (χ3v) is 4.96. The molecule has 2 rings (SSSR count). The lowest BCUT2D eigenvalue weighted by Crippen LogP contribution is -2.32. The summed E-state index contributed by atoms with van der Waals surface area (Å²) >= 11 is 0. The number of sulfone groups is 1. The lowest BCUT2D eigenvalue weighted by Gasteiger charge is -2.24. The fraction of sp³-hybridized carbons (Fsp3) is 0.462. The van der Waals surface area contributed by atoms with E-state index in [1.807, 2.05) is 6.07 Å². The van der Waals surface area contributed by atoms with Crippen molar-refractivity contribution in [1.29, 1.82) is 0 Å². The zero-order valence-electron chi connectivity index (χ0n) is 10.8. The smallest absolute Gasteiger partial charge is 0.339 e. The molecule has 0 spiro atoms. The number of carbonyl (C=O) groups excluding carboxylic acids is 1. The molecule has 1 heterocycles. The predicted octanol–water partition coefficient (Wildman–Crippen LogP) is 1.46. The number of para-hydroxylation sites is 1. The van der Waals surface area contributed by atoms with Crippen LogP contribution in [0.2, 0.25) is 0 Å². The standard InChI is InChI=1S/C13H17NO4S/c1-18-13(15)11-4-2-3-5-12(11)14-10-6-8-19(16,17)9-7-10/h2-5,10,14H,6-9H2,1H3. The molecule has 0 bridgehead atoms. The van der Waals surface area contributed by atoms with Gasteiger partial charge in [0.25, 0.3) is 0 Å². The monoisotopic (exact) mass is 283 g/mol. The number of anilines is 1. The Balaban J connectivity index is 2.10. The number of hydrogen-bond donors (Lipinski definition) is 1. The Morgan fingerprint density at radius 2 is 1.89 bits per heavy atom. The fourth-order valence-electron chi connectivity index (χ4n) is 2.15. The Morgan fingerprint density at radius 3 is 2.53 bits per heavy atom. The largest absolute Gasteiger partial charge is 0.465 e. The highest BCUT2D eigenvalue weighted by Gasteiger charge is 2.24. The molecule has 0 amide bonds. The van der Waals surface area contributed by atoms with Gasteiger partial charge in [0.2, 0.25) is 0 Å². The topological polar surface area (TPSA) is 72.5 Å². The Hall–Kier alpha value is -1.56. The first kappa shape index (κ1) is 13.9. The van der Waals surface area contributed by atoms with E-state index in [9.17, 15) is 13.2 Å². The van der Waals surface area contributed by atoms with Crippen molar-refractivity contribution in [3.05, 3.63) is 29.8 Å². The molecule has 0 radical (unpaired) electrons. The van der Waals surface area contributed by atoms with E-state index < -0.39 is 15.8 Å². The van der Waals surface area contributed by atoms with E-state index in [2.05, 4.69) is 5.32 Å². The first-order chi connectivity index (χ1) is 9.02. The summed E-state index contributed by atoms with van der Waals surface area (Å²) in [5.41, 5.74) is 1.16. The second-order valence-corrected chi connectivity index (χ2v) is 6.91. The maximum absolute atomic E-state index is 11.6. The average molecular weight is 283 g/mol. The number of rotatable bonds is 3. The average Bonchev–Trinajstić information content (AvgIpc) is 2.41. The quantitative estimate of drug-likeness (QED) is 0.850. The first-order valence-electron chi connectivity index (χ1n) is 6.16. The minimum Gasteiger partial charge on any atom is -0.465 e. The summed E-state index contributed by atoms with van der Waals surface area (Å²) in [6.07, 6.45) is 1.13. The zero-order chi connectivity index (χ0) is 13.9. The van der Waals surface area contributed by atoms with Gasteiger partial charge in [-0.05, 0) is 25.0 Å². The molecule has 1 fully saturated rings. The lowest BCUT2D eigenvalue weighted by molar-refractivity contribution is 0.0601. The number of nitrogens with one attached hydrogen (secondary N) is 1. The third kappa shape index (κ3) is 3.47. The Morgan fingerprint density at radius 1 is 1.26 bits per heavy atom. The van der Waals surface area contributed by atoms with Gasteiger partial charge < -0.3 is 10.1 Å². The van der Waals surface area contributed by atoms with E-state index >= 15 is 0 Å². The van der Waals surface area contributed by atoms with E-state index in [1.165, 1.54) is 7.11 Å². The van der Waals surface area contributed by atoms with Crippen LogP contribution in [0.1, 0.15) is 23.2 Å². The number of carbonyl (C=O) groups is 1. The molecule has 0 aliphatic carbocycles. The van der Waals surface area contributed by atoms with Gasteiger partial charge in [-0.25, -0.2) is 13.2 Å². The summed E-state index contributed by atoms with van der Waals surface area (Å²) in [5, 5.41) is 3.24. The minimum absolute atomic E-state index is 0.0781. The van der Waals surface area contributed by atoms with Crippen molar-refractivity contribution in [1.82, 2.24) is 0 Å². The second kappa shape index (κ2) is 5.61. The maximum Gasteiger partial charge on any atom is 0.339 e. The van der Waals surface area contributed by atoms with E-state index in [1.54, 1.807) is 18.2 Å². The third-order valence-electron chi connectivity index (χ3n) is 3.25. The molecule has 0 aromatic heterocycles. The van der Waals surface area contributed by atoms with E-state index in [4.69, 9.17) is 4.74 Å². The van der Waals surface area contributed by atoms with Crippen molar-refractivity contribution < 1.29 is 17.9 Å². The predicted molar refractivity (Wildman–Crippen MR) is 73.1 cm³/mol. The van der Waals surface area contributed by atoms with Crippen LogP contribution >= 0.6 is 0 Å². The molecular formula is C13H17NO4S. The molecule has 19 heavy (non-hydrogen) atoms. The van der Waals surface area contributed by atoms with Gasteiger partial charge >= 0.3 is 5.97 Å². The highest BCUT2D eigenvalue weighted by molar-refractivity contribution is 7.91. The van der Waals surface area contributed by atoms with E-state index in [-0.39, 0.29) is 17.5 Å². The molecule has 1 N–H and O–H groups in total. The van der Waals surface area contributed by atoms with E-state index in [0.29, 0.717) is 24.1 Å². The molecule has 1 aliphatic rings. The summed E-state index contributed by atoms with van der Waals surface area (Å²) in [5.74, 6) is 0.00219. The van der Waals surface area contributed by atoms with Crippen LogP contribution in [-0.4, -0.2) is 39.0 Å². The van der Waals surface area contributed by atoms with Crippen LogP contribution in [0.4, 0.5) is 5.69 Å². The fourth-order valence-corrected chi connectivity index (χ4v) is 3.64. The summed E-state index contributed by atoms with van der Waals surface area (Å²) in [4.78, 5) is 11.6. The van der Waals surface area contributed by atoms with Crippen molar-refractivity contribution in [3.63, 3.8) is 0 Å². The van der Waals surface area contributed by atoms with Crippen molar-refractivity contribution in [2.45, 2.75) is 18.9 Å². The number of methoxy groups -OCH3 is 1. The van der Waals surface area contributed by atoms with E-state index in [0.717, 1.165) is 0 Å². The lowest BCUT2D eigenvalue weighted by atomic mass is 10.1. The van der Waals surface area contributed by atoms with Crippen molar-refractivity contribution >= 4 is 21.5 Å². The zero-order valence-corrected chi connectivity index (χ0v) is 11.6. The van der Waals surface area contributed by atoms with Crippen molar-refractivity contribution in [2.75, 3.05) is 23.9 Å². The molecule has 0 atom stereocenters. The summed E-state index contributed by atoms with van der Waals surface area (Å²) in [6.45, 7) is 0. The van der Waals surface area contributed by atoms with Crippen LogP contribution in [0.3, 0.4) is 0 Å². The van der Waals surface area contributed by atoms with Crippen LogP contribution in [0.5, 0.6) is 0 Å². The molecule has 6 heteroatoms. The van der Waals surface area contributed by atoms with Gasteiger partial charge in [-0.15, -0.1) is 0 Å². The molecule has 1 aliphatic heterocycles. The minimum atomic E-state index is -2.87. The number of esters is 1. The summed E-state index contributed by atoms with van der Waals surface area (Å²) < 4.78 is 27.5. The molecule has 0 saturated carbocycles. The molecule has 1 saturated heterocycles. The number of ether oxygens (including phenoxy) is 1. The molecular weight excluding hydrogens is 266 g/mol. The number of hydrogen-bond acceptors (Lipinski definition) is 5. The Bertz CT molecular complexity index is 554. The van der Waals surface area contributed by atoms with Crippen molar-refractivity contribution in [2.24, 2.45) is 0 Å². The van der Waals surface area contributed by atoms with Crippen LogP contribution in [0.15, 0.2) is 24.3 Å². The van der Waals surface area contributed by atoms with Crippen LogP contribution < -0.4 is 5.32 Å². The Labute approximate surface area is 112 Å². The SMILES string of the molecule is COC(=O)c1ccccc1NC1CCS(=O)(=O)CC1. The van der Waals surface area contributed by atoms with Crippen molar-refractivity contribution in [3.8, 4) is 0 Å². The van der Waals surface area contributed by atoms with Gasteiger partial charge in [0.15, 0.2) is 0 Å². The molecule has 5 nitrogen and oxygen atoms in total. The van der Waals surface area contributed by atoms with Crippen LogP contribution in [0, 0.1) is 0 Å². The molecule has 0 unspecified atom stereocenters. The van der Waals surface area contributed by atoms with Crippen LogP contribution in [-0.2, 0) is 14.6 Å². The molecule has 104 valence electrons.